The molecular formula is C21H17BrN2O4. The molecule has 2 heterocycles. The number of carbonyl (C=O) groups is 2. The van der Waals surface area contributed by atoms with Crippen LogP contribution in [0.1, 0.15) is 17.5 Å². The Bertz CT molecular complexity index is 1190. The lowest BCUT2D eigenvalue weighted by molar-refractivity contribution is -0.119. The molecule has 0 aliphatic rings. The second kappa shape index (κ2) is 7.52. The third kappa shape index (κ3) is 3.41. The lowest BCUT2D eigenvalue weighted by Gasteiger charge is -2.07. The maximum atomic E-state index is 12.2. The number of ether oxygens (including phenoxy) is 1. The molecule has 1 amide bonds. The van der Waals surface area contributed by atoms with Gasteiger partial charge in [0.15, 0.2) is 11.3 Å². The fraction of sp³-hybridized carbons (Fsp3) is 0.143. The normalized spacial score (nSPS) is 11.1. The number of halogens is 1. The van der Waals surface area contributed by atoms with E-state index in [2.05, 4.69) is 44.9 Å². The first-order chi connectivity index (χ1) is 13.6. The summed E-state index contributed by atoms with van der Waals surface area (Å²) in [6, 6.07) is 17.0. The third-order valence-corrected chi connectivity index (χ3v) is 4.91. The molecule has 0 saturated heterocycles. The molecule has 7 heteroatoms. The zero-order chi connectivity index (χ0) is 19.7. The fourth-order valence-corrected chi connectivity index (χ4v) is 3.60. The van der Waals surface area contributed by atoms with Gasteiger partial charge in [0.25, 0.3) is 5.91 Å². The highest BCUT2D eigenvalue weighted by atomic mass is 79.9. The number of amides is 1. The second-order valence-electron chi connectivity index (χ2n) is 6.22. The van der Waals surface area contributed by atoms with Crippen molar-refractivity contribution >= 4 is 55.3 Å². The summed E-state index contributed by atoms with van der Waals surface area (Å²) < 4.78 is 12.7. The molecule has 0 fully saturated rings. The number of nitrogens with zero attached hydrogens (tertiary/aromatic N) is 1. The number of fused-ring (bicyclic) bond motifs is 3. The molecule has 0 radical (unpaired) electrons. The molecule has 0 spiro atoms. The Balaban J connectivity index is 1.51. The van der Waals surface area contributed by atoms with E-state index in [9.17, 15) is 9.59 Å². The number of carbonyl (C=O) groups excluding carboxylic acids is 2. The van der Waals surface area contributed by atoms with Gasteiger partial charge in [0, 0.05) is 34.0 Å². The van der Waals surface area contributed by atoms with Crippen molar-refractivity contribution in [1.29, 1.82) is 0 Å². The van der Waals surface area contributed by atoms with Gasteiger partial charge in [-0.3, -0.25) is 4.79 Å². The quantitative estimate of drug-likeness (QED) is 0.444. The number of furan rings is 1. The van der Waals surface area contributed by atoms with E-state index in [0.29, 0.717) is 10.4 Å². The van der Waals surface area contributed by atoms with E-state index in [4.69, 9.17) is 9.15 Å². The largest absolute Gasteiger partial charge is 0.450 e. The van der Waals surface area contributed by atoms with E-state index >= 15 is 0 Å². The van der Waals surface area contributed by atoms with Crippen LogP contribution >= 0.6 is 15.9 Å². The number of esters is 1. The standard InChI is InChI=1S/C21H17BrN2O4/c1-2-24-16-6-4-3-5-14(16)15-11-13(7-8-17(15)24)23-20(25)12-27-21(26)18-9-10-19(22)28-18/h3-11H,2,12H2,1H3,(H,23,25). The van der Waals surface area contributed by atoms with Gasteiger partial charge in [0.05, 0.1) is 0 Å². The number of rotatable bonds is 5. The first-order valence-corrected chi connectivity index (χ1v) is 9.59. The summed E-state index contributed by atoms with van der Waals surface area (Å²) in [6.07, 6.45) is 0. The molecule has 4 rings (SSSR count). The van der Waals surface area contributed by atoms with E-state index in [-0.39, 0.29) is 5.76 Å². The maximum absolute atomic E-state index is 12.2. The van der Waals surface area contributed by atoms with Gasteiger partial charge in [-0.2, -0.15) is 0 Å². The van der Waals surface area contributed by atoms with Crippen molar-refractivity contribution in [2.75, 3.05) is 11.9 Å². The van der Waals surface area contributed by atoms with Crippen LogP contribution in [0, 0.1) is 0 Å². The van der Waals surface area contributed by atoms with Gasteiger partial charge < -0.3 is 19.0 Å². The van der Waals surface area contributed by atoms with Crippen LogP contribution in [0.5, 0.6) is 0 Å². The minimum atomic E-state index is -0.692. The highest BCUT2D eigenvalue weighted by Gasteiger charge is 2.15. The fourth-order valence-electron chi connectivity index (χ4n) is 3.30. The lowest BCUT2D eigenvalue weighted by atomic mass is 10.1. The molecule has 1 N–H and O–H groups in total. The smallest absolute Gasteiger partial charge is 0.374 e. The molecule has 0 saturated carbocycles. The number of aryl methyl sites for hydroxylation is 1. The predicted octanol–water partition coefficient (Wildman–Crippen LogP) is 4.97. The van der Waals surface area contributed by atoms with Crippen LogP contribution in [-0.2, 0) is 16.1 Å². The van der Waals surface area contributed by atoms with Crippen LogP contribution in [0.25, 0.3) is 21.8 Å². The molecule has 0 unspecified atom stereocenters. The van der Waals surface area contributed by atoms with E-state index < -0.39 is 18.5 Å². The van der Waals surface area contributed by atoms with Crippen LogP contribution < -0.4 is 5.32 Å². The average molecular weight is 441 g/mol. The molecule has 6 nitrogen and oxygen atoms in total. The van der Waals surface area contributed by atoms with Crippen molar-refractivity contribution in [2.45, 2.75) is 13.5 Å². The molecule has 0 aliphatic carbocycles. The van der Waals surface area contributed by atoms with Crippen LogP contribution in [0.4, 0.5) is 5.69 Å². The summed E-state index contributed by atoms with van der Waals surface area (Å²) in [5.41, 5.74) is 2.91. The van der Waals surface area contributed by atoms with Crippen LogP contribution in [-0.4, -0.2) is 23.1 Å². The van der Waals surface area contributed by atoms with E-state index in [1.54, 1.807) is 6.07 Å². The Morgan fingerprint density at radius 1 is 1.07 bits per heavy atom. The number of benzene rings is 2. The van der Waals surface area contributed by atoms with Gasteiger partial charge in [-0.05, 0) is 59.3 Å². The zero-order valence-electron chi connectivity index (χ0n) is 15.1. The van der Waals surface area contributed by atoms with Crippen molar-refractivity contribution < 1.29 is 18.7 Å². The molecule has 0 bridgehead atoms. The summed E-state index contributed by atoms with van der Waals surface area (Å²) in [5, 5.41) is 4.97. The molecule has 2 aromatic carbocycles. The number of hydrogen-bond acceptors (Lipinski definition) is 4. The number of hydrogen-bond donors (Lipinski definition) is 1. The van der Waals surface area contributed by atoms with E-state index in [0.717, 1.165) is 28.4 Å². The van der Waals surface area contributed by atoms with Crippen LogP contribution in [0.15, 0.2) is 63.7 Å². The zero-order valence-corrected chi connectivity index (χ0v) is 16.7. The van der Waals surface area contributed by atoms with Gasteiger partial charge in [0.1, 0.15) is 0 Å². The van der Waals surface area contributed by atoms with Gasteiger partial charge in [-0.25, -0.2) is 4.79 Å². The minimum Gasteiger partial charge on any atom is -0.450 e. The highest BCUT2D eigenvalue weighted by Crippen LogP contribution is 2.30. The molecule has 4 aromatic rings. The number of nitrogens with one attached hydrogen (secondary N) is 1. The van der Waals surface area contributed by atoms with Crippen molar-refractivity contribution in [3.8, 4) is 0 Å². The average Bonchev–Trinajstić information content (AvgIpc) is 3.27. The molecule has 0 atom stereocenters. The monoisotopic (exact) mass is 440 g/mol. The molecule has 2 aromatic heterocycles. The first-order valence-electron chi connectivity index (χ1n) is 8.80. The first kappa shape index (κ1) is 18.3. The summed E-state index contributed by atoms with van der Waals surface area (Å²) in [5.74, 6) is -1.08. The summed E-state index contributed by atoms with van der Waals surface area (Å²) >= 11 is 3.11. The number of aromatic nitrogens is 1. The van der Waals surface area contributed by atoms with Gasteiger partial charge in [-0.1, -0.05) is 18.2 Å². The lowest BCUT2D eigenvalue weighted by Crippen LogP contribution is -2.20. The topological polar surface area (TPSA) is 73.5 Å². The molecule has 142 valence electrons. The predicted molar refractivity (Wildman–Crippen MR) is 110 cm³/mol. The Morgan fingerprint density at radius 3 is 2.61 bits per heavy atom. The molecule has 28 heavy (non-hydrogen) atoms. The Kier molecular flexibility index (Phi) is 4.92. The van der Waals surface area contributed by atoms with Crippen LogP contribution in [0.3, 0.4) is 0 Å². The summed E-state index contributed by atoms with van der Waals surface area (Å²) in [7, 11) is 0. The van der Waals surface area contributed by atoms with E-state index in [1.165, 1.54) is 6.07 Å². The number of para-hydroxylation sites is 1. The van der Waals surface area contributed by atoms with Gasteiger partial charge in [-0.15, -0.1) is 0 Å². The van der Waals surface area contributed by atoms with E-state index in [1.807, 2.05) is 30.3 Å². The van der Waals surface area contributed by atoms with Crippen molar-refractivity contribution in [3.63, 3.8) is 0 Å². The van der Waals surface area contributed by atoms with Crippen molar-refractivity contribution in [3.05, 3.63) is 65.0 Å². The van der Waals surface area contributed by atoms with Crippen molar-refractivity contribution in [1.82, 2.24) is 4.57 Å². The second-order valence-corrected chi connectivity index (χ2v) is 7.00. The molecule has 0 aliphatic heterocycles. The SMILES string of the molecule is CCn1c2ccccc2c2cc(NC(=O)COC(=O)c3ccc(Br)o3)ccc21. The van der Waals surface area contributed by atoms with Crippen LogP contribution in [0.2, 0.25) is 0 Å². The third-order valence-electron chi connectivity index (χ3n) is 4.48. The highest BCUT2D eigenvalue weighted by molar-refractivity contribution is 9.10. The maximum Gasteiger partial charge on any atom is 0.374 e. The minimum absolute atomic E-state index is 0.0356. The Hall–Kier alpha value is -3.06. The van der Waals surface area contributed by atoms with Gasteiger partial charge >= 0.3 is 5.97 Å². The Labute approximate surface area is 169 Å². The van der Waals surface area contributed by atoms with Gasteiger partial charge in [0.2, 0.25) is 5.76 Å². The Morgan fingerprint density at radius 2 is 1.86 bits per heavy atom. The summed E-state index contributed by atoms with van der Waals surface area (Å²) in [4.78, 5) is 24.0. The number of anilines is 1. The molecular weight excluding hydrogens is 424 g/mol. The summed E-state index contributed by atoms with van der Waals surface area (Å²) in [6.45, 7) is 2.56. The van der Waals surface area contributed by atoms with Crippen molar-refractivity contribution in [2.24, 2.45) is 0 Å².